The first-order chi connectivity index (χ1) is 12.1. The summed E-state index contributed by atoms with van der Waals surface area (Å²) in [6, 6.07) is 17.6. The number of amides is 1. The van der Waals surface area contributed by atoms with E-state index in [1.165, 1.54) is 0 Å². The number of para-hydroxylation sites is 1. The molecular formula is C20H24N2O3. The van der Waals surface area contributed by atoms with Crippen molar-refractivity contribution in [2.45, 2.75) is 26.1 Å². The zero-order valence-corrected chi connectivity index (χ0v) is 14.6. The van der Waals surface area contributed by atoms with Crippen LogP contribution in [0.15, 0.2) is 54.6 Å². The van der Waals surface area contributed by atoms with Crippen LogP contribution in [-0.4, -0.2) is 42.7 Å². The molecular weight excluding hydrogens is 316 g/mol. The number of nitrogens with zero attached hydrogens (tertiary/aromatic N) is 1. The predicted molar refractivity (Wildman–Crippen MR) is 98.3 cm³/mol. The third kappa shape index (κ3) is 4.97. The van der Waals surface area contributed by atoms with Crippen LogP contribution in [0, 0.1) is 0 Å². The van der Waals surface area contributed by atoms with Gasteiger partial charge >= 0.3 is 0 Å². The quantitative estimate of drug-likeness (QED) is 0.906. The zero-order chi connectivity index (χ0) is 17.6. The third-order valence-electron chi connectivity index (χ3n) is 4.05. The molecule has 2 aromatic rings. The fraction of sp³-hybridized carbons (Fsp3) is 0.350. The van der Waals surface area contributed by atoms with Gasteiger partial charge < -0.3 is 19.7 Å². The van der Waals surface area contributed by atoms with Crippen LogP contribution in [0.3, 0.4) is 0 Å². The SMILES string of the molecule is C[C@@H]1CN(C(=O)COc2ccc(Nc3ccccc3)cc2)C[C@H](C)O1. The molecule has 5 heteroatoms. The number of ether oxygens (including phenoxy) is 2. The van der Waals surface area contributed by atoms with E-state index < -0.39 is 0 Å². The van der Waals surface area contributed by atoms with Crippen molar-refractivity contribution in [2.24, 2.45) is 0 Å². The molecule has 0 spiro atoms. The second-order valence-corrected chi connectivity index (χ2v) is 6.36. The van der Waals surface area contributed by atoms with Crippen LogP contribution in [-0.2, 0) is 9.53 Å². The number of nitrogens with one attached hydrogen (secondary N) is 1. The molecule has 1 fully saturated rings. The number of hydrogen-bond donors (Lipinski definition) is 1. The average molecular weight is 340 g/mol. The highest BCUT2D eigenvalue weighted by molar-refractivity contribution is 5.78. The van der Waals surface area contributed by atoms with Crippen LogP contribution >= 0.6 is 0 Å². The Morgan fingerprint density at radius 3 is 2.28 bits per heavy atom. The van der Waals surface area contributed by atoms with E-state index in [0.717, 1.165) is 11.4 Å². The minimum Gasteiger partial charge on any atom is -0.484 e. The molecule has 1 aliphatic rings. The lowest BCUT2D eigenvalue weighted by Crippen LogP contribution is -2.49. The van der Waals surface area contributed by atoms with Gasteiger partial charge in [-0.1, -0.05) is 18.2 Å². The lowest BCUT2D eigenvalue weighted by atomic mass is 10.2. The summed E-state index contributed by atoms with van der Waals surface area (Å²) in [6.45, 7) is 5.24. The Hall–Kier alpha value is -2.53. The van der Waals surface area contributed by atoms with Crippen molar-refractivity contribution in [1.29, 1.82) is 0 Å². The second kappa shape index (κ2) is 8.03. The molecule has 132 valence electrons. The molecule has 0 aromatic heterocycles. The second-order valence-electron chi connectivity index (χ2n) is 6.36. The number of rotatable bonds is 5. The highest BCUT2D eigenvalue weighted by atomic mass is 16.5. The lowest BCUT2D eigenvalue weighted by molar-refractivity contribution is -0.145. The average Bonchev–Trinajstić information content (AvgIpc) is 2.61. The summed E-state index contributed by atoms with van der Waals surface area (Å²) in [5.41, 5.74) is 2.00. The number of benzene rings is 2. The zero-order valence-electron chi connectivity index (χ0n) is 14.6. The van der Waals surface area contributed by atoms with Gasteiger partial charge in [-0.25, -0.2) is 0 Å². The maximum atomic E-state index is 12.3. The predicted octanol–water partition coefficient (Wildman–Crippen LogP) is 3.44. The topological polar surface area (TPSA) is 50.8 Å². The van der Waals surface area contributed by atoms with Crippen molar-refractivity contribution >= 4 is 17.3 Å². The Balaban J connectivity index is 1.51. The number of anilines is 2. The Morgan fingerprint density at radius 2 is 1.64 bits per heavy atom. The summed E-state index contributed by atoms with van der Waals surface area (Å²) >= 11 is 0. The van der Waals surface area contributed by atoms with Gasteiger partial charge in [0.05, 0.1) is 12.2 Å². The number of carbonyl (C=O) groups excluding carboxylic acids is 1. The van der Waals surface area contributed by atoms with Crippen molar-refractivity contribution < 1.29 is 14.3 Å². The minimum absolute atomic E-state index is 0.00603. The van der Waals surface area contributed by atoms with E-state index in [-0.39, 0.29) is 24.7 Å². The summed E-state index contributed by atoms with van der Waals surface area (Å²) < 4.78 is 11.3. The van der Waals surface area contributed by atoms with Gasteiger partial charge in [-0.2, -0.15) is 0 Å². The smallest absolute Gasteiger partial charge is 0.260 e. The first-order valence-corrected chi connectivity index (χ1v) is 8.58. The summed E-state index contributed by atoms with van der Waals surface area (Å²) in [7, 11) is 0. The molecule has 0 bridgehead atoms. The minimum atomic E-state index is -0.00603. The fourth-order valence-electron chi connectivity index (χ4n) is 2.94. The Labute approximate surface area is 148 Å². The van der Waals surface area contributed by atoms with Crippen LogP contribution in [0.4, 0.5) is 11.4 Å². The molecule has 1 heterocycles. The molecule has 3 rings (SSSR count). The van der Waals surface area contributed by atoms with E-state index in [9.17, 15) is 4.79 Å². The molecule has 1 saturated heterocycles. The summed E-state index contributed by atoms with van der Waals surface area (Å²) in [5, 5.41) is 3.31. The van der Waals surface area contributed by atoms with E-state index in [0.29, 0.717) is 18.8 Å². The highest BCUT2D eigenvalue weighted by Crippen LogP contribution is 2.20. The van der Waals surface area contributed by atoms with Crippen molar-refractivity contribution in [1.82, 2.24) is 4.90 Å². The maximum absolute atomic E-state index is 12.3. The van der Waals surface area contributed by atoms with E-state index in [1.807, 2.05) is 73.3 Å². The van der Waals surface area contributed by atoms with Crippen LogP contribution in [0.2, 0.25) is 0 Å². The Bertz CT molecular complexity index is 678. The summed E-state index contributed by atoms with van der Waals surface area (Å²) in [6.07, 6.45) is 0.132. The van der Waals surface area contributed by atoms with E-state index in [2.05, 4.69) is 5.32 Å². The highest BCUT2D eigenvalue weighted by Gasteiger charge is 2.25. The van der Waals surface area contributed by atoms with Crippen LogP contribution in [0.1, 0.15) is 13.8 Å². The van der Waals surface area contributed by atoms with Crippen LogP contribution in [0.25, 0.3) is 0 Å². The van der Waals surface area contributed by atoms with Gasteiger partial charge in [0.2, 0.25) is 0 Å². The fourth-order valence-corrected chi connectivity index (χ4v) is 2.94. The third-order valence-corrected chi connectivity index (χ3v) is 4.05. The maximum Gasteiger partial charge on any atom is 0.260 e. The monoisotopic (exact) mass is 340 g/mol. The van der Waals surface area contributed by atoms with E-state index in [1.54, 1.807) is 0 Å². The molecule has 0 saturated carbocycles. The Kier molecular flexibility index (Phi) is 5.56. The van der Waals surface area contributed by atoms with E-state index >= 15 is 0 Å². The van der Waals surface area contributed by atoms with Crippen molar-refractivity contribution in [3.8, 4) is 5.75 Å². The molecule has 5 nitrogen and oxygen atoms in total. The normalized spacial score (nSPS) is 20.2. The number of carbonyl (C=O) groups is 1. The van der Waals surface area contributed by atoms with Gasteiger partial charge in [-0.15, -0.1) is 0 Å². The number of morpholine rings is 1. The van der Waals surface area contributed by atoms with Gasteiger partial charge in [0.1, 0.15) is 5.75 Å². The Morgan fingerprint density at radius 1 is 1.04 bits per heavy atom. The van der Waals surface area contributed by atoms with Gasteiger partial charge in [-0.3, -0.25) is 4.79 Å². The summed E-state index contributed by atoms with van der Waals surface area (Å²) in [4.78, 5) is 14.1. The summed E-state index contributed by atoms with van der Waals surface area (Å²) in [5.74, 6) is 0.676. The molecule has 0 radical (unpaired) electrons. The first-order valence-electron chi connectivity index (χ1n) is 8.58. The lowest BCUT2D eigenvalue weighted by Gasteiger charge is -2.35. The molecule has 2 aromatic carbocycles. The van der Waals surface area contributed by atoms with E-state index in [4.69, 9.17) is 9.47 Å². The molecule has 0 aliphatic carbocycles. The van der Waals surface area contributed by atoms with Gasteiger partial charge in [0, 0.05) is 24.5 Å². The molecule has 0 unspecified atom stereocenters. The number of hydrogen-bond acceptors (Lipinski definition) is 4. The standard InChI is InChI=1S/C20H24N2O3/c1-15-12-22(13-16(2)25-15)20(23)14-24-19-10-8-18(9-11-19)21-17-6-4-3-5-7-17/h3-11,15-16,21H,12-14H2,1-2H3/t15-,16+. The van der Waals surface area contributed by atoms with Crippen LogP contribution < -0.4 is 10.1 Å². The van der Waals surface area contributed by atoms with Gasteiger partial charge in [0.25, 0.3) is 5.91 Å². The molecule has 25 heavy (non-hydrogen) atoms. The van der Waals surface area contributed by atoms with Crippen LogP contribution in [0.5, 0.6) is 5.75 Å². The van der Waals surface area contributed by atoms with Gasteiger partial charge in [-0.05, 0) is 50.2 Å². The van der Waals surface area contributed by atoms with Crippen molar-refractivity contribution in [2.75, 3.05) is 25.0 Å². The first kappa shape index (κ1) is 17.3. The molecule has 2 atom stereocenters. The molecule has 1 amide bonds. The van der Waals surface area contributed by atoms with Crippen molar-refractivity contribution in [3.05, 3.63) is 54.6 Å². The largest absolute Gasteiger partial charge is 0.484 e. The van der Waals surface area contributed by atoms with Crippen molar-refractivity contribution in [3.63, 3.8) is 0 Å². The molecule has 1 aliphatic heterocycles. The molecule has 1 N–H and O–H groups in total. The van der Waals surface area contributed by atoms with Gasteiger partial charge in [0.15, 0.2) is 6.61 Å².